The molecule has 0 bridgehead atoms. The molecular weight excluding hydrogens is 226 g/mol. The van der Waals surface area contributed by atoms with E-state index in [1.807, 2.05) is 6.07 Å². The monoisotopic (exact) mass is 242 g/mol. The lowest BCUT2D eigenvalue weighted by molar-refractivity contribution is -0.0498. The van der Waals surface area contributed by atoms with Crippen molar-refractivity contribution in [3.63, 3.8) is 0 Å². The van der Waals surface area contributed by atoms with Crippen LogP contribution in [0.5, 0.6) is 5.75 Å². The largest absolute Gasteiger partial charge is 0.435 e. The number of halogens is 2. The predicted octanol–water partition coefficient (Wildman–Crippen LogP) is 2.22. The summed E-state index contributed by atoms with van der Waals surface area (Å²) in [4.78, 5) is 2.14. The second-order valence-corrected chi connectivity index (χ2v) is 4.20. The summed E-state index contributed by atoms with van der Waals surface area (Å²) >= 11 is 0. The summed E-state index contributed by atoms with van der Waals surface area (Å²) in [5, 5.41) is 0. The number of ether oxygens (including phenoxy) is 1. The third-order valence-electron chi connectivity index (χ3n) is 2.95. The molecule has 1 saturated heterocycles. The van der Waals surface area contributed by atoms with Gasteiger partial charge >= 0.3 is 6.61 Å². The van der Waals surface area contributed by atoms with Crippen molar-refractivity contribution >= 4 is 5.69 Å². The van der Waals surface area contributed by atoms with Crippen LogP contribution in [-0.4, -0.2) is 25.7 Å². The van der Waals surface area contributed by atoms with E-state index in [4.69, 9.17) is 5.73 Å². The highest BCUT2D eigenvalue weighted by atomic mass is 19.3. The van der Waals surface area contributed by atoms with Gasteiger partial charge in [-0.25, -0.2) is 0 Å². The van der Waals surface area contributed by atoms with Crippen molar-refractivity contribution in [3.8, 4) is 5.75 Å². The number of piperidine rings is 1. The maximum atomic E-state index is 12.1. The summed E-state index contributed by atoms with van der Waals surface area (Å²) in [5.41, 5.74) is 6.73. The van der Waals surface area contributed by atoms with E-state index >= 15 is 0 Å². The van der Waals surface area contributed by atoms with Gasteiger partial charge in [-0.2, -0.15) is 8.78 Å². The number of anilines is 1. The zero-order valence-corrected chi connectivity index (χ0v) is 9.48. The maximum absolute atomic E-state index is 12.1. The quantitative estimate of drug-likeness (QED) is 0.883. The molecule has 1 aliphatic heterocycles. The van der Waals surface area contributed by atoms with Gasteiger partial charge in [-0.05, 0) is 25.0 Å². The average Bonchev–Trinajstić information content (AvgIpc) is 2.29. The van der Waals surface area contributed by atoms with Crippen molar-refractivity contribution in [2.24, 2.45) is 5.73 Å². The van der Waals surface area contributed by atoms with Crippen LogP contribution in [0.25, 0.3) is 0 Å². The lowest BCUT2D eigenvalue weighted by Crippen LogP contribution is -2.39. The summed E-state index contributed by atoms with van der Waals surface area (Å²) in [6, 6.07) is 7.05. The normalized spacial score (nSPS) is 17.5. The van der Waals surface area contributed by atoms with E-state index in [9.17, 15) is 8.78 Å². The SMILES string of the molecule is NC1CCN(c2cccc(OC(F)F)c2)CC1. The lowest BCUT2D eigenvalue weighted by Gasteiger charge is -2.32. The third kappa shape index (κ3) is 3.30. The Balaban J connectivity index is 2.05. The summed E-state index contributed by atoms with van der Waals surface area (Å²) < 4.78 is 28.6. The molecule has 3 nitrogen and oxygen atoms in total. The highest BCUT2D eigenvalue weighted by Crippen LogP contribution is 2.24. The fourth-order valence-electron chi connectivity index (χ4n) is 2.01. The zero-order valence-electron chi connectivity index (χ0n) is 9.48. The van der Waals surface area contributed by atoms with Crippen LogP contribution in [0, 0.1) is 0 Å². The molecule has 0 saturated carbocycles. The van der Waals surface area contributed by atoms with Gasteiger partial charge in [-0.1, -0.05) is 6.07 Å². The second-order valence-electron chi connectivity index (χ2n) is 4.20. The van der Waals surface area contributed by atoms with E-state index < -0.39 is 6.61 Å². The highest BCUT2D eigenvalue weighted by Gasteiger charge is 2.16. The first-order valence-corrected chi connectivity index (χ1v) is 5.70. The Kier molecular flexibility index (Phi) is 3.78. The molecule has 0 aliphatic carbocycles. The Morgan fingerprint density at radius 3 is 2.65 bits per heavy atom. The molecule has 0 atom stereocenters. The van der Waals surface area contributed by atoms with Gasteiger partial charge in [-0.15, -0.1) is 0 Å². The van der Waals surface area contributed by atoms with Gasteiger partial charge in [0.1, 0.15) is 5.75 Å². The summed E-state index contributed by atoms with van der Waals surface area (Å²) in [7, 11) is 0. The van der Waals surface area contributed by atoms with E-state index in [2.05, 4.69) is 9.64 Å². The minimum atomic E-state index is -2.78. The van der Waals surface area contributed by atoms with E-state index in [-0.39, 0.29) is 11.8 Å². The molecule has 2 rings (SSSR count). The molecule has 5 heteroatoms. The van der Waals surface area contributed by atoms with Crippen LogP contribution in [0.1, 0.15) is 12.8 Å². The van der Waals surface area contributed by atoms with Gasteiger partial charge in [0.05, 0.1) is 0 Å². The summed E-state index contributed by atoms with van der Waals surface area (Å²) in [6.45, 7) is -1.06. The van der Waals surface area contributed by atoms with Gasteiger partial charge in [0.2, 0.25) is 0 Å². The minimum absolute atomic E-state index is 0.201. The molecule has 1 heterocycles. The van der Waals surface area contributed by atoms with E-state index in [1.54, 1.807) is 12.1 Å². The zero-order chi connectivity index (χ0) is 12.3. The number of hydrogen-bond donors (Lipinski definition) is 1. The summed E-state index contributed by atoms with van der Waals surface area (Å²) in [5.74, 6) is 0.201. The molecule has 0 unspecified atom stereocenters. The van der Waals surface area contributed by atoms with Crippen molar-refractivity contribution in [1.82, 2.24) is 0 Å². The Morgan fingerprint density at radius 1 is 1.29 bits per heavy atom. The minimum Gasteiger partial charge on any atom is -0.435 e. The number of rotatable bonds is 3. The van der Waals surface area contributed by atoms with E-state index in [0.29, 0.717) is 0 Å². The first kappa shape index (κ1) is 12.1. The molecule has 1 fully saturated rings. The van der Waals surface area contributed by atoms with Crippen LogP contribution in [-0.2, 0) is 0 Å². The van der Waals surface area contributed by atoms with Crippen LogP contribution < -0.4 is 15.4 Å². The van der Waals surface area contributed by atoms with Crippen molar-refractivity contribution in [2.75, 3.05) is 18.0 Å². The van der Waals surface area contributed by atoms with Gasteiger partial charge < -0.3 is 15.4 Å². The van der Waals surface area contributed by atoms with Crippen molar-refractivity contribution < 1.29 is 13.5 Å². The topological polar surface area (TPSA) is 38.5 Å². The standard InChI is InChI=1S/C12H16F2N2O/c13-12(14)17-11-3-1-2-10(8-11)16-6-4-9(15)5-7-16/h1-3,8-9,12H,4-7,15H2. The van der Waals surface area contributed by atoms with Gasteiger partial charge in [0, 0.05) is 30.9 Å². The molecule has 1 aromatic carbocycles. The Hall–Kier alpha value is -1.36. The van der Waals surface area contributed by atoms with E-state index in [1.165, 1.54) is 6.07 Å². The van der Waals surface area contributed by atoms with Gasteiger partial charge in [-0.3, -0.25) is 0 Å². The molecule has 0 spiro atoms. The molecule has 0 radical (unpaired) electrons. The fourth-order valence-corrected chi connectivity index (χ4v) is 2.01. The third-order valence-corrected chi connectivity index (χ3v) is 2.95. The van der Waals surface area contributed by atoms with Crippen molar-refractivity contribution in [1.29, 1.82) is 0 Å². The average molecular weight is 242 g/mol. The number of nitrogens with zero attached hydrogens (tertiary/aromatic N) is 1. The predicted molar refractivity (Wildman–Crippen MR) is 62.5 cm³/mol. The first-order chi connectivity index (χ1) is 8.15. The molecule has 0 amide bonds. The smallest absolute Gasteiger partial charge is 0.387 e. The van der Waals surface area contributed by atoms with E-state index in [0.717, 1.165) is 31.6 Å². The van der Waals surface area contributed by atoms with Crippen LogP contribution in [0.15, 0.2) is 24.3 Å². The van der Waals surface area contributed by atoms with Gasteiger partial charge in [0.15, 0.2) is 0 Å². The van der Waals surface area contributed by atoms with Crippen molar-refractivity contribution in [2.45, 2.75) is 25.5 Å². The number of benzene rings is 1. The fraction of sp³-hybridized carbons (Fsp3) is 0.500. The summed E-state index contributed by atoms with van der Waals surface area (Å²) in [6.07, 6.45) is 1.86. The highest BCUT2D eigenvalue weighted by molar-refractivity contribution is 5.51. The van der Waals surface area contributed by atoms with Crippen LogP contribution >= 0.6 is 0 Å². The second kappa shape index (κ2) is 5.31. The molecule has 17 heavy (non-hydrogen) atoms. The van der Waals surface area contributed by atoms with Crippen molar-refractivity contribution in [3.05, 3.63) is 24.3 Å². The molecule has 0 aromatic heterocycles. The Labute approximate surface area is 99.2 Å². The van der Waals surface area contributed by atoms with Crippen LogP contribution in [0.4, 0.5) is 14.5 Å². The maximum Gasteiger partial charge on any atom is 0.387 e. The van der Waals surface area contributed by atoms with Gasteiger partial charge in [0.25, 0.3) is 0 Å². The first-order valence-electron chi connectivity index (χ1n) is 5.70. The molecule has 1 aromatic rings. The Bertz CT molecular complexity index is 365. The molecule has 94 valence electrons. The lowest BCUT2D eigenvalue weighted by atomic mass is 10.1. The molecule has 1 aliphatic rings. The number of alkyl halides is 2. The molecule has 2 N–H and O–H groups in total. The Morgan fingerprint density at radius 2 is 2.00 bits per heavy atom. The number of hydrogen-bond acceptors (Lipinski definition) is 3. The van der Waals surface area contributed by atoms with Crippen LogP contribution in [0.3, 0.4) is 0 Å². The van der Waals surface area contributed by atoms with Crippen LogP contribution in [0.2, 0.25) is 0 Å². The number of nitrogens with two attached hydrogens (primary N) is 1. The molecular formula is C12H16F2N2O.